The first-order chi connectivity index (χ1) is 17.3. The minimum Gasteiger partial charge on any atom is -0.387 e. The number of benzene rings is 1. The van der Waals surface area contributed by atoms with Crippen LogP contribution in [0.25, 0.3) is 0 Å². The maximum atomic E-state index is 12.8. The van der Waals surface area contributed by atoms with Gasteiger partial charge in [0.2, 0.25) is 5.91 Å². The summed E-state index contributed by atoms with van der Waals surface area (Å²) in [4.78, 5) is 37.3. The van der Waals surface area contributed by atoms with Gasteiger partial charge >= 0.3 is 0 Å². The van der Waals surface area contributed by atoms with Crippen molar-refractivity contribution in [3.8, 4) is 0 Å². The number of piperidine rings is 1. The number of nitrogens with zero attached hydrogens (tertiary/aromatic N) is 4. The van der Waals surface area contributed by atoms with Crippen LogP contribution in [0.15, 0.2) is 50.3 Å². The van der Waals surface area contributed by atoms with Gasteiger partial charge in [0.15, 0.2) is 6.10 Å². The topological polar surface area (TPSA) is 76.8 Å². The number of carbonyl (C=O) groups excluding carboxylic acids is 1. The summed E-state index contributed by atoms with van der Waals surface area (Å²) in [5, 5.41) is 8.45. The zero-order chi connectivity index (χ0) is 25.4. The van der Waals surface area contributed by atoms with Crippen molar-refractivity contribution in [1.82, 2.24) is 14.5 Å². The van der Waals surface area contributed by atoms with Gasteiger partial charge in [-0.1, -0.05) is 46.0 Å². The van der Waals surface area contributed by atoms with Crippen molar-refractivity contribution < 1.29 is 9.63 Å². The number of hydrogen-bond acceptors (Lipinski definition) is 6. The molecular formula is C24H20BrCl3N4O3S. The lowest BCUT2D eigenvalue weighted by Crippen LogP contribution is -2.41. The van der Waals surface area contributed by atoms with Gasteiger partial charge in [0, 0.05) is 57.1 Å². The van der Waals surface area contributed by atoms with Crippen molar-refractivity contribution in [3.05, 3.63) is 82.0 Å². The highest BCUT2D eigenvalue weighted by molar-refractivity contribution is 9.10. The van der Waals surface area contributed by atoms with Gasteiger partial charge < -0.3 is 14.3 Å². The standard InChI is InChI=1S/C24H20BrCl3N4O3S/c25-14-8-17(28)24(34)32(10-14)11-21(33)31-6-4-13(5-7-31)23-29-19(12-36-23)18-9-20(35-30-18)22-15(26)2-1-3-16(22)27/h1-3,8,10,12-13,20H,4-7,9,11H2. The first-order valence-electron chi connectivity index (χ1n) is 11.3. The fourth-order valence-electron chi connectivity index (χ4n) is 4.41. The summed E-state index contributed by atoms with van der Waals surface area (Å²) in [5.74, 6) is 0.152. The molecule has 1 fully saturated rings. The number of thiazole rings is 1. The Morgan fingerprint density at radius 2 is 1.89 bits per heavy atom. The van der Waals surface area contributed by atoms with Crippen LogP contribution < -0.4 is 5.56 Å². The molecule has 188 valence electrons. The molecule has 0 spiro atoms. The van der Waals surface area contributed by atoms with Gasteiger partial charge in [0.25, 0.3) is 5.56 Å². The predicted molar refractivity (Wildman–Crippen MR) is 146 cm³/mol. The molecule has 0 N–H and O–H groups in total. The third-order valence-electron chi connectivity index (χ3n) is 6.32. The SMILES string of the molecule is O=C(Cn1cc(Br)cc(Cl)c1=O)N1CCC(c2nc(C3=NOC(c4c(Cl)cccc4Cl)C3)cs2)CC1. The molecule has 1 atom stereocenters. The molecule has 1 amide bonds. The van der Waals surface area contributed by atoms with Gasteiger partial charge in [-0.3, -0.25) is 9.59 Å². The first-order valence-corrected chi connectivity index (χ1v) is 14.1. The van der Waals surface area contributed by atoms with Crippen LogP contribution in [0.1, 0.15) is 47.5 Å². The van der Waals surface area contributed by atoms with E-state index in [1.165, 1.54) is 10.6 Å². The molecule has 0 bridgehead atoms. The molecule has 3 aromatic rings. The lowest BCUT2D eigenvalue weighted by molar-refractivity contribution is -0.132. The van der Waals surface area contributed by atoms with Gasteiger partial charge in [-0.05, 0) is 47.0 Å². The van der Waals surface area contributed by atoms with E-state index < -0.39 is 0 Å². The summed E-state index contributed by atoms with van der Waals surface area (Å²) in [5.41, 5.74) is 1.92. The Morgan fingerprint density at radius 1 is 1.17 bits per heavy atom. The lowest BCUT2D eigenvalue weighted by Gasteiger charge is -2.31. The Balaban J connectivity index is 1.18. The number of hydrogen-bond donors (Lipinski definition) is 0. The van der Waals surface area contributed by atoms with Crippen molar-refractivity contribution >= 4 is 73.7 Å². The van der Waals surface area contributed by atoms with E-state index >= 15 is 0 Å². The zero-order valence-corrected chi connectivity index (χ0v) is 23.5. The second-order valence-corrected chi connectivity index (χ2v) is 11.7. The maximum absolute atomic E-state index is 12.8. The number of amides is 1. The number of pyridine rings is 1. The molecule has 7 nitrogen and oxygen atoms in total. The smallest absolute Gasteiger partial charge is 0.269 e. The average Bonchev–Trinajstić information content (AvgIpc) is 3.52. The molecule has 5 rings (SSSR count). The van der Waals surface area contributed by atoms with Crippen molar-refractivity contribution in [2.75, 3.05) is 13.1 Å². The van der Waals surface area contributed by atoms with E-state index in [4.69, 9.17) is 44.6 Å². The number of rotatable bonds is 5. The molecule has 36 heavy (non-hydrogen) atoms. The minimum absolute atomic E-state index is 0.0412. The van der Waals surface area contributed by atoms with Crippen LogP contribution in [0.4, 0.5) is 0 Å². The summed E-state index contributed by atoms with van der Waals surface area (Å²) in [7, 11) is 0. The van der Waals surface area contributed by atoms with Crippen LogP contribution in [0.2, 0.25) is 15.1 Å². The van der Waals surface area contributed by atoms with E-state index in [1.54, 1.807) is 40.6 Å². The van der Waals surface area contributed by atoms with Crippen LogP contribution in [0, 0.1) is 0 Å². The minimum atomic E-state index is -0.378. The Kier molecular flexibility index (Phi) is 7.74. The number of aromatic nitrogens is 2. The molecular weight excluding hydrogens is 611 g/mol. The van der Waals surface area contributed by atoms with Gasteiger partial charge in [-0.2, -0.15) is 0 Å². The second-order valence-electron chi connectivity index (χ2n) is 8.64. The lowest BCUT2D eigenvalue weighted by atomic mass is 9.97. The van der Waals surface area contributed by atoms with E-state index in [9.17, 15) is 9.59 Å². The number of carbonyl (C=O) groups is 1. The second kappa shape index (κ2) is 10.8. The normalized spacial score (nSPS) is 18.3. The molecule has 1 aromatic carbocycles. The monoisotopic (exact) mass is 628 g/mol. The summed E-state index contributed by atoms with van der Waals surface area (Å²) in [6.07, 6.45) is 3.38. The Morgan fingerprint density at radius 3 is 2.61 bits per heavy atom. The van der Waals surface area contributed by atoms with E-state index in [0.29, 0.717) is 34.0 Å². The molecule has 0 aliphatic carbocycles. The van der Waals surface area contributed by atoms with Crippen LogP contribution in [-0.2, 0) is 16.2 Å². The van der Waals surface area contributed by atoms with E-state index in [0.717, 1.165) is 34.8 Å². The van der Waals surface area contributed by atoms with Crippen molar-refractivity contribution in [2.24, 2.45) is 5.16 Å². The summed E-state index contributed by atoms with van der Waals surface area (Å²) in [6, 6.07) is 6.89. The number of likely N-dealkylation sites (tertiary alicyclic amines) is 1. The largest absolute Gasteiger partial charge is 0.387 e. The average molecular weight is 631 g/mol. The quantitative estimate of drug-likeness (QED) is 0.332. The molecule has 12 heteroatoms. The van der Waals surface area contributed by atoms with E-state index in [-0.39, 0.29) is 35.1 Å². The summed E-state index contributed by atoms with van der Waals surface area (Å²) in [6.45, 7) is 1.17. The van der Waals surface area contributed by atoms with Crippen LogP contribution in [0.5, 0.6) is 0 Å². The molecule has 1 unspecified atom stereocenters. The summed E-state index contributed by atoms with van der Waals surface area (Å²) >= 11 is 23.5. The predicted octanol–water partition coefficient (Wildman–Crippen LogP) is 6.30. The van der Waals surface area contributed by atoms with Crippen molar-refractivity contribution in [3.63, 3.8) is 0 Å². The van der Waals surface area contributed by atoms with Gasteiger partial charge in [0.1, 0.15) is 17.3 Å². The number of oxime groups is 1. The molecule has 2 aliphatic rings. The third-order valence-corrected chi connectivity index (χ3v) is 8.69. The fourth-order valence-corrected chi connectivity index (χ4v) is 6.89. The molecule has 0 radical (unpaired) electrons. The van der Waals surface area contributed by atoms with Crippen molar-refractivity contribution in [2.45, 2.75) is 37.8 Å². The Hall–Kier alpha value is -1.91. The Bertz CT molecular complexity index is 1380. The maximum Gasteiger partial charge on any atom is 0.269 e. The molecule has 1 saturated heterocycles. The van der Waals surface area contributed by atoms with Gasteiger partial charge in [-0.25, -0.2) is 4.98 Å². The van der Waals surface area contributed by atoms with Crippen LogP contribution in [-0.4, -0.2) is 39.2 Å². The highest BCUT2D eigenvalue weighted by Crippen LogP contribution is 2.39. The highest BCUT2D eigenvalue weighted by atomic mass is 79.9. The van der Waals surface area contributed by atoms with E-state index in [1.807, 2.05) is 5.38 Å². The van der Waals surface area contributed by atoms with Crippen LogP contribution >= 0.6 is 62.1 Å². The highest BCUT2D eigenvalue weighted by Gasteiger charge is 2.30. The first kappa shape index (κ1) is 25.7. The zero-order valence-electron chi connectivity index (χ0n) is 18.8. The summed E-state index contributed by atoms with van der Waals surface area (Å²) < 4.78 is 1.98. The number of halogens is 4. The van der Waals surface area contributed by atoms with E-state index in [2.05, 4.69) is 21.1 Å². The molecule has 2 aliphatic heterocycles. The molecule has 0 saturated carbocycles. The Labute approximate surface area is 234 Å². The van der Waals surface area contributed by atoms with Gasteiger partial charge in [0.05, 0.1) is 10.7 Å². The van der Waals surface area contributed by atoms with Gasteiger partial charge in [-0.15, -0.1) is 11.3 Å². The van der Waals surface area contributed by atoms with Crippen molar-refractivity contribution in [1.29, 1.82) is 0 Å². The third kappa shape index (κ3) is 5.36. The molecule has 4 heterocycles. The fraction of sp³-hybridized carbons (Fsp3) is 0.333. The van der Waals surface area contributed by atoms with Crippen LogP contribution in [0.3, 0.4) is 0 Å². The molecule has 2 aromatic heterocycles.